The first-order valence-electron chi connectivity index (χ1n) is 5.72. The zero-order valence-corrected chi connectivity index (χ0v) is 9.67. The summed E-state index contributed by atoms with van der Waals surface area (Å²) in [7, 11) is 0. The lowest BCUT2D eigenvalue weighted by Crippen LogP contribution is -2.18. The average Bonchev–Trinajstić information content (AvgIpc) is 2.43. The zero-order chi connectivity index (χ0) is 12.4. The van der Waals surface area contributed by atoms with Gasteiger partial charge in [-0.1, -0.05) is 18.2 Å². The summed E-state index contributed by atoms with van der Waals surface area (Å²) in [6.07, 6.45) is 5.25. The minimum atomic E-state index is 0.0284. The minimum absolute atomic E-state index is 0.0284. The molecule has 2 heterocycles. The highest BCUT2D eigenvalue weighted by molar-refractivity contribution is 6.13. The van der Waals surface area contributed by atoms with E-state index >= 15 is 0 Å². The van der Waals surface area contributed by atoms with Crippen molar-refractivity contribution in [2.24, 2.45) is 0 Å². The Morgan fingerprint density at radius 1 is 1.17 bits per heavy atom. The SMILES string of the molecule is O=C1C(=Cc2cccnc2)COc2ccccc21. The van der Waals surface area contributed by atoms with Crippen LogP contribution < -0.4 is 4.74 Å². The van der Waals surface area contributed by atoms with Crippen LogP contribution in [0.25, 0.3) is 6.08 Å². The molecule has 0 unspecified atom stereocenters. The van der Waals surface area contributed by atoms with Crippen LogP contribution >= 0.6 is 0 Å². The van der Waals surface area contributed by atoms with E-state index in [0.29, 0.717) is 23.5 Å². The summed E-state index contributed by atoms with van der Waals surface area (Å²) in [6.45, 7) is 0.310. The van der Waals surface area contributed by atoms with Gasteiger partial charge in [-0.15, -0.1) is 0 Å². The number of nitrogens with zero attached hydrogens (tertiary/aromatic N) is 1. The Morgan fingerprint density at radius 3 is 2.89 bits per heavy atom. The number of pyridine rings is 1. The Bertz CT molecular complexity index is 617. The van der Waals surface area contributed by atoms with E-state index in [1.54, 1.807) is 18.5 Å². The molecule has 0 N–H and O–H groups in total. The predicted octanol–water partition coefficient (Wildman–Crippen LogP) is 2.74. The van der Waals surface area contributed by atoms with Crippen LogP contribution in [0.3, 0.4) is 0 Å². The van der Waals surface area contributed by atoms with Crippen molar-refractivity contribution in [1.82, 2.24) is 4.98 Å². The third-order valence-corrected chi connectivity index (χ3v) is 2.83. The van der Waals surface area contributed by atoms with Gasteiger partial charge in [0.1, 0.15) is 12.4 Å². The summed E-state index contributed by atoms with van der Waals surface area (Å²) in [5.41, 5.74) is 2.18. The van der Waals surface area contributed by atoms with Crippen LogP contribution in [-0.4, -0.2) is 17.4 Å². The summed E-state index contributed by atoms with van der Waals surface area (Å²) in [4.78, 5) is 16.3. The summed E-state index contributed by atoms with van der Waals surface area (Å²) < 4.78 is 5.57. The summed E-state index contributed by atoms with van der Waals surface area (Å²) in [6, 6.07) is 11.1. The van der Waals surface area contributed by atoms with E-state index < -0.39 is 0 Å². The van der Waals surface area contributed by atoms with Gasteiger partial charge in [-0.25, -0.2) is 0 Å². The Kier molecular flexibility index (Phi) is 2.65. The highest BCUT2D eigenvalue weighted by atomic mass is 16.5. The van der Waals surface area contributed by atoms with Crippen molar-refractivity contribution < 1.29 is 9.53 Å². The molecule has 18 heavy (non-hydrogen) atoms. The van der Waals surface area contributed by atoms with E-state index in [0.717, 1.165) is 5.56 Å². The fourth-order valence-corrected chi connectivity index (χ4v) is 1.94. The smallest absolute Gasteiger partial charge is 0.196 e. The molecule has 2 aromatic rings. The number of carbonyl (C=O) groups is 1. The van der Waals surface area contributed by atoms with Gasteiger partial charge in [0, 0.05) is 18.0 Å². The maximum Gasteiger partial charge on any atom is 0.196 e. The molecule has 0 aliphatic carbocycles. The maximum absolute atomic E-state index is 12.3. The lowest BCUT2D eigenvalue weighted by Gasteiger charge is -2.18. The van der Waals surface area contributed by atoms with Crippen LogP contribution in [0.2, 0.25) is 0 Å². The second-order valence-corrected chi connectivity index (χ2v) is 4.07. The highest BCUT2D eigenvalue weighted by Crippen LogP contribution is 2.27. The van der Waals surface area contributed by atoms with Gasteiger partial charge in [0.15, 0.2) is 5.78 Å². The molecule has 3 heteroatoms. The normalized spacial score (nSPS) is 16.2. The molecule has 1 aliphatic rings. The third-order valence-electron chi connectivity index (χ3n) is 2.83. The quantitative estimate of drug-likeness (QED) is 0.716. The van der Waals surface area contributed by atoms with E-state index in [1.165, 1.54) is 0 Å². The number of Topliss-reactive ketones (excluding diaryl/α,β-unsaturated/α-hetero) is 1. The first-order chi connectivity index (χ1) is 8.84. The number of ketones is 1. The molecule has 1 aromatic heterocycles. The van der Waals surface area contributed by atoms with Crippen LogP contribution in [0.1, 0.15) is 15.9 Å². The van der Waals surface area contributed by atoms with Gasteiger partial charge in [-0.3, -0.25) is 9.78 Å². The number of hydrogen-bond acceptors (Lipinski definition) is 3. The molecule has 88 valence electrons. The summed E-state index contributed by atoms with van der Waals surface area (Å²) in [5.74, 6) is 0.687. The molecule has 1 aliphatic heterocycles. The first-order valence-corrected chi connectivity index (χ1v) is 5.72. The molecular formula is C15H11NO2. The second kappa shape index (κ2) is 4.45. The van der Waals surface area contributed by atoms with Gasteiger partial charge >= 0.3 is 0 Å². The standard InChI is InChI=1S/C15H11NO2/c17-15-12(8-11-4-3-7-16-9-11)10-18-14-6-2-1-5-13(14)15/h1-9H,10H2. The number of ether oxygens (including phenoxy) is 1. The molecule has 0 saturated heterocycles. The molecule has 0 atom stereocenters. The molecule has 0 radical (unpaired) electrons. The minimum Gasteiger partial charge on any atom is -0.488 e. The molecule has 0 fully saturated rings. The van der Waals surface area contributed by atoms with E-state index in [4.69, 9.17) is 4.74 Å². The summed E-state index contributed by atoms with van der Waals surface area (Å²) >= 11 is 0. The van der Waals surface area contributed by atoms with Gasteiger partial charge in [-0.05, 0) is 29.8 Å². The van der Waals surface area contributed by atoms with E-state index in [9.17, 15) is 4.79 Å². The van der Waals surface area contributed by atoms with Crippen LogP contribution in [0.4, 0.5) is 0 Å². The van der Waals surface area contributed by atoms with Crippen LogP contribution in [-0.2, 0) is 0 Å². The zero-order valence-electron chi connectivity index (χ0n) is 9.67. The van der Waals surface area contributed by atoms with Gasteiger partial charge in [0.2, 0.25) is 0 Å². The van der Waals surface area contributed by atoms with Crippen molar-refractivity contribution in [1.29, 1.82) is 0 Å². The molecule has 1 aromatic carbocycles. The Labute approximate surface area is 105 Å². The monoisotopic (exact) mass is 237 g/mol. The maximum atomic E-state index is 12.3. The fraction of sp³-hybridized carbons (Fsp3) is 0.0667. The van der Waals surface area contributed by atoms with Crippen LogP contribution in [0, 0.1) is 0 Å². The van der Waals surface area contributed by atoms with Crippen molar-refractivity contribution in [3.8, 4) is 5.75 Å². The molecule has 0 saturated carbocycles. The van der Waals surface area contributed by atoms with Crippen molar-refractivity contribution in [3.63, 3.8) is 0 Å². The lowest BCUT2D eigenvalue weighted by molar-refractivity contribution is 0.100. The number of rotatable bonds is 1. The molecule has 3 nitrogen and oxygen atoms in total. The van der Waals surface area contributed by atoms with Gasteiger partial charge in [0.25, 0.3) is 0 Å². The summed E-state index contributed by atoms with van der Waals surface area (Å²) in [5, 5.41) is 0. The van der Waals surface area contributed by atoms with Crippen LogP contribution in [0.5, 0.6) is 5.75 Å². The fourth-order valence-electron chi connectivity index (χ4n) is 1.94. The van der Waals surface area contributed by atoms with Crippen molar-refractivity contribution >= 4 is 11.9 Å². The van der Waals surface area contributed by atoms with Crippen molar-refractivity contribution in [2.45, 2.75) is 0 Å². The lowest BCUT2D eigenvalue weighted by atomic mass is 9.99. The van der Waals surface area contributed by atoms with Crippen molar-refractivity contribution in [3.05, 3.63) is 65.5 Å². The third kappa shape index (κ3) is 1.91. The van der Waals surface area contributed by atoms with E-state index in [1.807, 2.05) is 36.4 Å². The number of aromatic nitrogens is 1. The van der Waals surface area contributed by atoms with Gasteiger partial charge in [-0.2, -0.15) is 0 Å². The Morgan fingerprint density at radius 2 is 2.06 bits per heavy atom. The van der Waals surface area contributed by atoms with Crippen molar-refractivity contribution in [2.75, 3.05) is 6.61 Å². The molecule has 0 amide bonds. The molecular weight excluding hydrogens is 226 g/mol. The number of hydrogen-bond donors (Lipinski definition) is 0. The molecule has 0 bridgehead atoms. The number of carbonyl (C=O) groups excluding carboxylic acids is 1. The second-order valence-electron chi connectivity index (χ2n) is 4.07. The number of para-hydroxylation sites is 1. The topological polar surface area (TPSA) is 39.2 Å². The number of fused-ring (bicyclic) bond motifs is 1. The van der Waals surface area contributed by atoms with Gasteiger partial charge < -0.3 is 4.74 Å². The average molecular weight is 237 g/mol. The molecule has 3 rings (SSSR count). The van der Waals surface area contributed by atoms with Gasteiger partial charge in [0.05, 0.1) is 5.56 Å². The predicted molar refractivity (Wildman–Crippen MR) is 68.5 cm³/mol. The van der Waals surface area contributed by atoms with E-state index in [-0.39, 0.29) is 5.78 Å². The number of benzene rings is 1. The highest BCUT2D eigenvalue weighted by Gasteiger charge is 2.22. The Balaban J connectivity index is 1.98. The Hall–Kier alpha value is -2.42. The van der Waals surface area contributed by atoms with Crippen LogP contribution in [0.15, 0.2) is 54.4 Å². The van der Waals surface area contributed by atoms with E-state index in [2.05, 4.69) is 4.98 Å². The molecule has 0 spiro atoms. The largest absolute Gasteiger partial charge is 0.488 e. The first kappa shape index (κ1) is 10.7.